The van der Waals surface area contributed by atoms with Gasteiger partial charge in [0.2, 0.25) is 5.91 Å². The van der Waals surface area contributed by atoms with Crippen LogP contribution in [0.3, 0.4) is 0 Å². The molecule has 24 heavy (non-hydrogen) atoms. The van der Waals surface area contributed by atoms with Crippen LogP contribution in [-0.2, 0) is 9.53 Å². The number of aliphatic hydroxyl groups excluding tert-OH is 1. The van der Waals surface area contributed by atoms with Gasteiger partial charge in [-0.25, -0.2) is 4.79 Å². The summed E-state index contributed by atoms with van der Waals surface area (Å²) in [7, 11) is 0. The predicted molar refractivity (Wildman–Crippen MR) is 91.4 cm³/mol. The Kier molecular flexibility index (Phi) is 6.12. The molecular weight excluding hydrogens is 308 g/mol. The van der Waals surface area contributed by atoms with E-state index < -0.39 is 11.7 Å². The number of amides is 2. The van der Waals surface area contributed by atoms with Crippen molar-refractivity contribution in [2.45, 2.75) is 65.0 Å². The first-order chi connectivity index (χ1) is 11.2. The highest BCUT2D eigenvalue weighted by Crippen LogP contribution is 2.35. The van der Waals surface area contributed by atoms with Gasteiger partial charge >= 0.3 is 6.09 Å². The molecule has 0 aromatic rings. The van der Waals surface area contributed by atoms with Gasteiger partial charge in [0.15, 0.2) is 0 Å². The molecule has 138 valence electrons. The molecule has 0 bridgehead atoms. The first-order valence-corrected chi connectivity index (χ1v) is 9.11. The average Bonchev–Trinajstić information content (AvgIpc) is 3.08. The van der Waals surface area contributed by atoms with E-state index >= 15 is 0 Å². The second-order valence-electron chi connectivity index (χ2n) is 8.23. The third-order valence-corrected chi connectivity index (χ3v) is 5.24. The fourth-order valence-electron chi connectivity index (χ4n) is 3.91. The van der Waals surface area contributed by atoms with Gasteiger partial charge in [0.1, 0.15) is 5.60 Å². The Morgan fingerprint density at radius 3 is 2.58 bits per heavy atom. The summed E-state index contributed by atoms with van der Waals surface area (Å²) >= 11 is 0. The van der Waals surface area contributed by atoms with Gasteiger partial charge in [-0.2, -0.15) is 0 Å². The molecule has 2 N–H and O–H groups in total. The van der Waals surface area contributed by atoms with Gasteiger partial charge in [0, 0.05) is 19.0 Å². The smallest absolute Gasteiger partial charge is 0.407 e. The minimum absolute atomic E-state index is 0.0282. The van der Waals surface area contributed by atoms with E-state index in [-0.39, 0.29) is 30.4 Å². The summed E-state index contributed by atoms with van der Waals surface area (Å²) in [6.45, 7) is 8.81. The Morgan fingerprint density at radius 2 is 1.96 bits per heavy atom. The van der Waals surface area contributed by atoms with E-state index in [4.69, 9.17) is 4.74 Å². The maximum Gasteiger partial charge on any atom is 0.407 e. The largest absolute Gasteiger partial charge is 0.444 e. The van der Waals surface area contributed by atoms with Crippen LogP contribution in [0, 0.1) is 17.8 Å². The van der Waals surface area contributed by atoms with Crippen molar-refractivity contribution in [1.82, 2.24) is 10.2 Å². The molecule has 1 saturated carbocycles. The Balaban J connectivity index is 1.90. The number of nitrogens with one attached hydrogen (secondary N) is 1. The molecule has 0 radical (unpaired) electrons. The quantitative estimate of drug-likeness (QED) is 0.822. The molecule has 4 atom stereocenters. The highest BCUT2D eigenvalue weighted by Gasteiger charge is 2.41. The number of ether oxygens (including phenoxy) is 1. The van der Waals surface area contributed by atoms with E-state index in [1.54, 1.807) is 0 Å². The van der Waals surface area contributed by atoms with Crippen LogP contribution in [0.5, 0.6) is 0 Å². The fourth-order valence-corrected chi connectivity index (χ4v) is 3.91. The summed E-state index contributed by atoms with van der Waals surface area (Å²) in [5.41, 5.74) is -0.519. The summed E-state index contributed by atoms with van der Waals surface area (Å²) in [4.78, 5) is 26.6. The lowest BCUT2D eigenvalue weighted by molar-refractivity contribution is -0.138. The van der Waals surface area contributed by atoms with Crippen molar-refractivity contribution < 1.29 is 19.4 Å². The molecule has 2 amide bonds. The Labute approximate surface area is 144 Å². The van der Waals surface area contributed by atoms with Gasteiger partial charge in [-0.1, -0.05) is 13.3 Å². The summed E-state index contributed by atoms with van der Waals surface area (Å²) in [5, 5.41) is 12.4. The number of hydrogen-bond acceptors (Lipinski definition) is 4. The maximum atomic E-state index is 12.9. The van der Waals surface area contributed by atoms with Crippen molar-refractivity contribution in [2.24, 2.45) is 17.8 Å². The third kappa shape index (κ3) is 4.62. The van der Waals surface area contributed by atoms with Gasteiger partial charge in [-0.3, -0.25) is 4.79 Å². The Morgan fingerprint density at radius 1 is 1.25 bits per heavy atom. The van der Waals surface area contributed by atoms with Crippen molar-refractivity contribution in [2.75, 3.05) is 19.7 Å². The van der Waals surface area contributed by atoms with Crippen molar-refractivity contribution in [3.63, 3.8) is 0 Å². The maximum absolute atomic E-state index is 12.9. The van der Waals surface area contributed by atoms with Crippen LogP contribution in [0.1, 0.15) is 53.4 Å². The molecule has 1 aliphatic carbocycles. The molecule has 6 heteroatoms. The Bertz CT molecular complexity index is 460. The lowest BCUT2D eigenvalue weighted by Crippen LogP contribution is -2.45. The van der Waals surface area contributed by atoms with Crippen LogP contribution in [0.2, 0.25) is 0 Å². The normalized spacial score (nSPS) is 30.5. The van der Waals surface area contributed by atoms with Crippen molar-refractivity contribution >= 4 is 12.0 Å². The minimum Gasteiger partial charge on any atom is -0.444 e. The van der Waals surface area contributed by atoms with Crippen LogP contribution < -0.4 is 5.32 Å². The lowest BCUT2D eigenvalue weighted by Gasteiger charge is -2.30. The SMILES string of the molecule is CC1CCN(C(=O)[C@@H]2CCC[C@@H]2CNC(=O)OC(C)(C)C)C1CO. The molecule has 6 nitrogen and oxygen atoms in total. The van der Waals surface area contributed by atoms with Crippen molar-refractivity contribution in [3.8, 4) is 0 Å². The number of alkyl carbamates (subject to hydrolysis) is 1. The highest BCUT2D eigenvalue weighted by molar-refractivity contribution is 5.80. The standard InChI is InChI=1S/C18H32N2O4/c1-12-8-9-20(15(12)11-21)16(22)14-7-5-6-13(14)10-19-17(23)24-18(2,3)4/h12-15,21H,5-11H2,1-4H3,(H,19,23)/t12?,13-,14-,15?/m1/s1. The number of hydrogen-bond donors (Lipinski definition) is 2. The fraction of sp³-hybridized carbons (Fsp3) is 0.889. The van der Waals surface area contributed by atoms with Crippen molar-refractivity contribution in [1.29, 1.82) is 0 Å². The van der Waals surface area contributed by atoms with Crippen LogP contribution in [0.4, 0.5) is 4.79 Å². The molecule has 0 spiro atoms. The second-order valence-corrected chi connectivity index (χ2v) is 8.23. The molecule has 2 fully saturated rings. The van der Waals surface area contributed by atoms with Crippen LogP contribution >= 0.6 is 0 Å². The zero-order valence-electron chi connectivity index (χ0n) is 15.4. The predicted octanol–water partition coefficient (Wildman–Crippen LogP) is 2.16. The number of rotatable bonds is 4. The van der Waals surface area contributed by atoms with Crippen LogP contribution in [0.25, 0.3) is 0 Å². The summed E-state index contributed by atoms with van der Waals surface area (Å²) in [5.74, 6) is 0.588. The number of nitrogens with zero attached hydrogens (tertiary/aromatic N) is 1. The van der Waals surface area contributed by atoms with Gasteiger partial charge in [-0.05, 0) is 51.9 Å². The molecule has 1 heterocycles. The van der Waals surface area contributed by atoms with Crippen molar-refractivity contribution in [3.05, 3.63) is 0 Å². The number of carbonyl (C=O) groups is 2. The van der Waals surface area contributed by atoms with E-state index in [0.29, 0.717) is 12.5 Å². The number of carbonyl (C=O) groups excluding carboxylic acids is 2. The first kappa shape index (κ1) is 19.0. The van der Waals surface area contributed by atoms with Gasteiger partial charge in [-0.15, -0.1) is 0 Å². The zero-order chi connectivity index (χ0) is 17.9. The molecule has 2 aliphatic rings. The van der Waals surface area contributed by atoms with Crippen LogP contribution in [-0.4, -0.2) is 53.3 Å². The van der Waals surface area contributed by atoms with E-state index in [0.717, 1.165) is 32.2 Å². The van der Waals surface area contributed by atoms with E-state index in [9.17, 15) is 14.7 Å². The van der Waals surface area contributed by atoms with E-state index in [2.05, 4.69) is 12.2 Å². The highest BCUT2D eigenvalue weighted by atomic mass is 16.6. The molecule has 2 unspecified atom stereocenters. The molecular formula is C18H32N2O4. The monoisotopic (exact) mass is 340 g/mol. The van der Waals surface area contributed by atoms with Gasteiger partial charge in [0.25, 0.3) is 0 Å². The summed E-state index contributed by atoms with van der Waals surface area (Å²) in [6.07, 6.45) is 3.33. The first-order valence-electron chi connectivity index (χ1n) is 9.11. The molecule has 2 rings (SSSR count). The topological polar surface area (TPSA) is 78.9 Å². The molecule has 1 aliphatic heterocycles. The molecule has 1 saturated heterocycles. The average molecular weight is 340 g/mol. The van der Waals surface area contributed by atoms with E-state index in [1.165, 1.54) is 0 Å². The number of aliphatic hydroxyl groups is 1. The molecule has 0 aromatic carbocycles. The number of likely N-dealkylation sites (tertiary alicyclic amines) is 1. The Hall–Kier alpha value is -1.30. The zero-order valence-corrected chi connectivity index (χ0v) is 15.4. The van der Waals surface area contributed by atoms with Gasteiger partial charge < -0.3 is 20.1 Å². The minimum atomic E-state index is -0.519. The van der Waals surface area contributed by atoms with E-state index in [1.807, 2.05) is 25.7 Å². The summed E-state index contributed by atoms with van der Waals surface area (Å²) in [6, 6.07) is -0.0578. The lowest BCUT2D eigenvalue weighted by atomic mass is 9.94. The van der Waals surface area contributed by atoms with Crippen LogP contribution in [0.15, 0.2) is 0 Å². The van der Waals surface area contributed by atoms with Gasteiger partial charge in [0.05, 0.1) is 12.6 Å². The third-order valence-electron chi connectivity index (χ3n) is 5.24. The second kappa shape index (κ2) is 7.72. The molecule has 0 aromatic heterocycles. The summed E-state index contributed by atoms with van der Waals surface area (Å²) < 4.78 is 5.26.